The minimum Gasteiger partial charge on any atom is -0.271 e. The first-order chi connectivity index (χ1) is 9.63. The highest BCUT2D eigenvalue weighted by molar-refractivity contribution is 5.21. The molecule has 2 unspecified atom stereocenters. The first-order valence-electron chi connectivity index (χ1n) is 6.89. The third-order valence-corrected chi connectivity index (χ3v) is 3.57. The Morgan fingerprint density at radius 2 is 2.20 bits per heavy atom. The lowest BCUT2D eigenvalue weighted by Crippen LogP contribution is -2.29. The topological polar surface area (TPSA) is 55.9 Å². The van der Waals surface area contributed by atoms with E-state index in [1.807, 2.05) is 23.0 Å². The number of nitrogens with zero attached hydrogens (tertiary/aromatic N) is 2. The summed E-state index contributed by atoms with van der Waals surface area (Å²) >= 11 is 0. The Bertz CT molecular complexity index is 552. The van der Waals surface area contributed by atoms with Gasteiger partial charge in [-0.15, -0.1) is 0 Å². The van der Waals surface area contributed by atoms with Crippen molar-refractivity contribution < 1.29 is 4.39 Å². The first kappa shape index (κ1) is 14.7. The molecule has 4 nitrogen and oxygen atoms in total. The Kier molecular flexibility index (Phi) is 4.87. The minimum atomic E-state index is -0.257. The molecular weight excluding hydrogens is 255 g/mol. The highest BCUT2D eigenvalue weighted by atomic mass is 19.1. The number of rotatable bonds is 6. The van der Waals surface area contributed by atoms with Gasteiger partial charge in [0.15, 0.2) is 0 Å². The van der Waals surface area contributed by atoms with E-state index in [-0.39, 0.29) is 11.9 Å². The molecule has 0 saturated carbocycles. The Hall–Kier alpha value is -1.72. The van der Waals surface area contributed by atoms with Crippen molar-refractivity contribution in [2.75, 3.05) is 0 Å². The van der Waals surface area contributed by atoms with Gasteiger partial charge in [0.05, 0.1) is 11.7 Å². The molecule has 2 rings (SSSR count). The van der Waals surface area contributed by atoms with Crippen LogP contribution in [0.3, 0.4) is 0 Å². The number of nitrogens with two attached hydrogens (primary N) is 1. The number of nitrogens with one attached hydrogen (secondary N) is 1. The van der Waals surface area contributed by atoms with Crippen LogP contribution in [0.15, 0.2) is 36.5 Å². The van der Waals surface area contributed by atoms with Crippen LogP contribution >= 0.6 is 0 Å². The molecule has 20 heavy (non-hydrogen) atoms. The molecule has 1 aromatic carbocycles. The summed E-state index contributed by atoms with van der Waals surface area (Å²) in [5.41, 5.74) is 4.50. The molecule has 0 saturated heterocycles. The molecule has 1 heterocycles. The van der Waals surface area contributed by atoms with E-state index in [1.165, 1.54) is 12.1 Å². The number of aromatic nitrogens is 2. The van der Waals surface area contributed by atoms with Crippen molar-refractivity contribution in [3.63, 3.8) is 0 Å². The molecule has 0 aliphatic rings. The summed E-state index contributed by atoms with van der Waals surface area (Å²) in [5.74, 6) is 5.33. The Morgan fingerprint density at radius 1 is 1.40 bits per heavy atom. The molecule has 0 radical (unpaired) electrons. The maximum absolute atomic E-state index is 13.3. The van der Waals surface area contributed by atoms with Crippen LogP contribution in [-0.2, 0) is 6.42 Å². The molecule has 0 amide bonds. The predicted octanol–water partition coefficient (Wildman–Crippen LogP) is 2.74. The average Bonchev–Trinajstić information content (AvgIpc) is 2.92. The van der Waals surface area contributed by atoms with Gasteiger partial charge in [-0.2, -0.15) is 5.10 Å². The van der Waals surface area contributed by atoms with Crippen molar-refractivity contribution in [3.05, 3.63) is 53.6 Å². The third-order valence-electron chi connectivity index (χ3n) is 3.57. The van der Waals surface area contributed by atoms with E-state index in [9.17, 15) is 4.39 Å². The lowest BCUT2D eigenvalue weighted by atomic mass is 10.0. The van der Waals surface area contributed by atoms with Crippen LogP contribution in [0.5, 0.6) is 0 Å². The zero-order valence-corrected chi connectivity index (χ0v) is 11.9. The van der Waals surface area contributed by atoms with Crippen LogP contribution in [0.2, 0.25) is 0 Å². The number of benzene rings is 1. The van der Waals surface area contributed by atoms with Crippen molar-refractivity contribution in [2.24, 2.45) is 5.84 Å². The number of hydrogen-bond acceptors (Lipinski definition) is 3. The van der Waals surface area contributed by atoms with Gasteiger partial charge in [0.2, 0.25) is 0 Å². The number of hydrazine groups is 1. The quantitative estimate of drug-likeness (QED) is 0.630. The molecule has 1 aromatic heterocycles. The van der Waals surface area contributed by atoms with Gasteiger partial charge in [0, 0.05) is 18.7 Å². The summed E-state index contributed by atoms with van der Waals surface area (Å²) in [6.07, 6.45) is 3.63. The zero-order valence-electron chi connectivity index (χ0n) is 11.9. The molecule has 2 aromatic rings. The molecule has 0 aliphatic heterocycles. The van der Waals surface area contributed by atoms with Gasteiger partial charge in [0.25, 0.3) is 0 Å². The smallest absolute Gasteiger partial charge is 0.123 e. The van der Waals surface area contributed by atoms with Gasteiger partial charge < -0.3 is 0 Å². The van der Waals surface area contributed by atoms with E-state index in [1.54, 1.807) is 6.07 Å². The summed E-state index contributed by atoms with van der Waals surface area (Å²) in [7, 11) is 0. The van der Waals surface area contributed by atoms with Crippen molar-refractivity contribution in [1.82, 2.24) is 15.2 Å². The summed E-state index contributed by atoms with van der Waals surface area (Å²) in [5, 5.41) is 4.54. The van der Waals surface area contributed by atoms with E-state index < -0.39 is 0 Å². The second-order valence-electron chi connectivity index (χ2n) is 5.02. The van der Waals surface area contributed by atoms with Crippen molar-refractivity contribution >= 4 is 0 Å². The van der Waals surface area contributed by atoms with E-state index in [0.29, 0.717) is 12.5 Å². The normalized spacial score (nSPS) is 14.2. The fraction of sp³-hybridized carbons (Fsp3) is 0.400. The van der Waals surface area contributed by atoms with E-state index in [2.05, 4.69) is 24.4 Å². The van der Waals surface area contributed by atoms with Gasteiger partial charge in [0.1, 0.15) is 5.82 Å². The van der Waals surface area contributed by atoms with E-state index in [0.717, 1.165) is 17.7 Å². The summed E-state index contributed by atoms with van der Waals surface area (Å²) in [6.45, 7) is 4.25. The molecule has 108 valence electrons. The van der Waals surface area contributed by atoms with Gasteiger partial charge in [-0.25, -0.2) is 4.39 Å². The largest absolute Gasteiger partial charge is 0.271 e. The molecule has 0 bridgehead atoms. The minimum absolute atomic E-state index is 0.147. The van der Waals surface area contributed by atoms with Crippen LogP contribution in [0, 0.1) is 5.82 Å². The van der Waals surface area contributed by atoms with Crippen molar-refractivity contribution in [3.8, 4) is 0 Å². The second kappa shape index (κ2) is 6.63. The summed E-state index contributed by atoms with van der Waals surface area (Å²) < 4.78 is 15.2. The Balaban J connectivity index is 2.12. The second-order valence-corrected chi connectivity index (χ2v) is 5.02. The average molecular weight is 276 g/mol. The summed E-state index contributed by atoms with van der Waals surface area (Å²) in [6, 6.07) is 8.68. The molecule has 5 heteroatoms. The van der Waals surface area contributed by atoms with Gasteiger partial charge >= 0.3 is 0 Å². The van der Waals surface area contributed by atoms with Crippen molar-refractivity contribution in [1.29, 1.82) is 0 Å². The lowest BCUT2D eigenvalue weighted by molar-refractivity contribution is 0.466. The highest BCUT2D eigenvalue weighted by Crippen LogP contribution is 2.18. The predicted molar refractivity (Wildman–Crippen MR) is 77.4 cm³/mol. The van der Waals surface area contributed by atoms with E-state index >= 15 is 0 Å². The monoisotopic (exact) mass is 276 g/mol. The van der Waals surface area contributed by atoms with Crippen LogP contribution in [0.25, 0.3) is 0 Å². The van der Waals surface area contributed by atoms with Crippen LogP contribution in [-0.4, -0.2) is 9.78 Å². The van der Waals surface area contributed by atoms with Crippen LogP contribution < -0.4 is 11.3 Å². The number of hydrogen-bond donors (Lipinski definition) is 2. The number of halogens is 1. The maximum Gasteiger partial charge on any atom is 0.123 e. The lowest BCUT2D eigenvalue weighted by Gasteiger charge is -2.15. The van der Waals surface area contributed by atoms with Gasteiger partial charge in [-0.1, -0.05) is 19.1 Å². The molecular formula is C15H21FN4. The SMILES string of the molecule is CCC(C)n1ccc(CC(NN)c2cccc(F)c2)n1. The fourth-order valence-electron chi connectivity index (χ4n) is 2.12. The van der Waals surface area contributed by atoms with Crippen LogP contribution in [0.4, 0.5) is 4.39 Å². The highest BCUT2D eigenvalue weighted by Gasteiger charge is 2.13. The molecule has 3 N–H and O–H groups in total. The fourth-order valence-corrected chi connectivity index (χ4v) is 2.12. The van der Waals surface area contributed by atoms with Crippen molar-refractivity contribution in [2.45, 2.75) is 38.8 Å². The maximum atomic E-state index is 13.3. The molecule has 0 spiro atoms. The first-order valence-corrected chi connectivity index (χ1v) is 6.89. The van der Waals surface area contributed by atoms with Gasteiger partial charge in [-0.05, 0) is 37.1 Å². The Labute approximate surface area is 118 Å². The van der Waals surface area contributed by atoms with Crippen LogP contribution in [0.1, 0.15) is 43.6 Å². The molecule has 2 atom stereocenters. The van der Waals surface area contributed by atoms with E-state index in [4.69, 9.17) is 5.84 Å². The standard InChI is InChI=1S/C15H21FN4/c1-3-11(2)20-8-7-14(19-20)10-15(18-17)12-5-4-6-13(16)9-12/h4-9,11,15,18H,3,10,17H2,1-2H3. The van der Waals surface area contributed by atoms with Gasteiger partial charge in [-0.3, -0.25) is 16.0 Å². The third kappa shape index (κ3) is 3.43. The Morgan fingerprint density at radius 3 is 2.85 bits per heavy atom. The molecule has 0 fully saturated rings. The zero-order chi connectivity index (χ0) is 14.5. The molecule has 0 aliphatic carbocycles. The summed E-state index contributed by atoms with van der Waals surface area (Å²) in [4.78, 5) is 0.